The summed E-state index contributed by atoms with van der Waals surface area (Å²) >= 11 is 1.19. The quantitative estimate of drug-likeness (QED) is 0.245. The van der Waals surface area contributed by atoms with Crippen LogP contribution in [0, 0.1) is 10.1 Å². The zero-order chi connectivity index (χ0) is 28.6. The number of fused-ring (bicyclic) bond motifs is 1. The first-order valence-corrected chi connectivity index (χ1v) is 13.9. The number of aromatic nitrogens is 1. The van der Waals surface area contributed by atoms with E-state index in [0.717, 1.165) is 31.6 Å². The van der Waals surface area contributed by atoms with Crippen molar-refractivity contribution >= 4 is 34.8 Å². The summed E-state index contributed by atoms with van der Waals surface area (Å²) in [5, 5.41) is 11.6. The summed E-state index contributed by atoms with van der Waals surface area (Å²) in [5.74, 6) is 0.102. The zero-order valence-electron chi connectivity index (χ0n) is 22.7. The molecule has 0 bridgehead atoms. The van der Waals surface area contributed by atoms with Crippen LogP contribution >= 0.6 is 11.3 Å². The van der Waals surface area contributed by atoms with Gasteiger partial charge >= 0.3 is 5.97 Å². The lowest BCUT2D eigenvalue weighted by molar-refractivity contribution is -0.384. The number of carbonyl (C=O) groups is 1. The highest BCUT2D eigenvalue weighted by Crippen LogP contribution is 2.32. The summed E-state index contributed by atoms with van der Waals surface area (Å²) in [5.41, 5.74) is 2.50. The molecule has 3 aromatic rings. The van der Waals surface area contributed by atoms with Crippen LogP contribution in [-0.2, 0) is 9.53 Å². The number of thiazole rings is 1. The molecule has 0 amide bonds. The van der Waals surface area contributed by atoms with Crippen molar-refractivity contribution in [3.63, 3.8) is 0 Å². The van der Waals surface area contributed by atoms with Gasteiger partial charge in [0.2, 0.25) is 0 Å². The summed E-state index contributed by atoms with van der Waals surface area (Å²) in [4.78, 5) is 45.7. The molecule has 0 unspecified atom stereocenters. The maximum absolute atomic E-state index is 14.0. The first-order chi connectivity index (χ1) is 19.2. The van der Waals surface area contributed by atoms with Gasteiger partial charge in [-0.1, -0.05) is 23.5 Å². The van der Waals surface area contributed by atoms with E-state index in [0.29, 0.717) is 31.9 Å². The molecule has 5 rings (SSSR count). The van der Waals surface area contributed by atoms with Crippen LogP contribution in [0.25, 0.3) is 6.08 Å². The summed E-state index contributed by atoms with van der Waals surface area (Å²) in [6.07, 6.45) is 3.41. The van der Waals surface area contributed by atoms with Crippen molar-refractivity contribution in [3.8, 4) is 5.75 Å². The Kier molecular flexibility index (Phi) is 7.57. The molecule has 11 heteroatoms. The predicted octanol–water partition coefficient (Wildman–Crippen LogP) is 3.70. The van der Waals surface area contributed by atoms with Crippen LogP contribution in [0.5, 0.6) is 5.75 Å². The lowest BCUT2D eigenvalue weighted by Crippen LogP contribution is -2.40. The van der Waals surface area contributed by atoms with E-state index in [1.807, 2.05) is 12.1 Å². The molecule has 0 aliphatic carbocycles. The second-order valence-electron chi connectivity index (χ2n) is 10.0. The molecule has 0 N–H and O–H groups in total. The first-order valence-electron chi connectivity index (χ1n) is 13.1. The summed E-state index contributed by atoms with van der Waals surface area (Å²) in [6.45, 7) is 6.96. The highest BCUT2D eigenvalue weighted by atomic mass is 32.1. The fourth-order valence-electron chi connectivity index (χ4n) is 5.12. The molecule has 208 valence electrons. The van der Waals surface area contributed by atoms with E-state index in [-0.39, 0.29) is 22.9 Å². The molecule has 10 nitrogen and oxygen atoms in total. The van der Waals surface area contributed by atoms with Gasteiger partial charge in [0.05, 0.1) is 40.0 Å². The molecule has 1 atom stereocenters. The number of rotatable bonds is 7. The summed E-state index contributed by atoms with van der Waals surface area (Å²) < 4.78 is 12.7. The number of benzene rings is 2. The Morgan fingerprint density at radius 1 is 1.18 bits per heavy atom. The Morgan fingerprint density at radius 3 is 2.50 bits per heavy atom. The monoisotopic (exact) mass is 562 g/mol. The number of allylic oxidation sites excluding steroid dienone is 1. The minimum atomic E-state index is -0.765. The van der Waals surface area contributed by atoms with E-state index >= 15 is 0 Å². The third kappa shape index (κ3) is 5.16. The topological polar surface area (TPSA) is 116 Å². The maximum Gasteiger partial charge on any atom is 0.338 e. The molecule has 0 radical (unpaired) electrons. The van der Waals surface area contributed by atoms with Gasteiger partial charge in [-0.2, -0.15) is 0 Å². The number of methoxy groups -OCH3 is 1. The minimum absolute atomic E-state index is 0.0485. The van der Waals surface area contributed by atoms with Gasteiger partial charge in [-0.25, -0.2) is 9.79 Å². The normalized spacial score (nSPS) is 17.2. The average molecular weight is 563 g/mol. The van der Waals surface area contributed by atoms with Crippen molar-refractivity contribution in [2.24, 2.45) is 4.99 Å². The Balaban J connectivity index is 1.71. The highest BCUT2D eigenvalue weighted by Gasteiger charge is 2.34. The van der Waals surface area contributed by atoms with E-state index in [2.05, 4.69) is 9.89 Å². The third-order valence-electron chi connectivity index (χ3n) is 6.97. The molecular formula is C29H30N4O6S. The number of anilines is 1. The number of non-ortho nitro benzene ring substituents is 1. The number of ether oxygens (including phenoxy) is 2. The standard InChI is InChI=1S/C29H30N4O6S/c1-17(2)39-28(35)25-18(3)30-29-32(26(25)19-7-10-22(38-4)11-8-19)27(34)24(40-29)16-20-15-21(33(36)37)9-12-23(20)31-13-5-6-14-31/h7-12,15-17,26H,5-6,13-14H2,1-4H3/t26-/m0/s1. The Bertz CT molecular complexity index is 1680. The van der Waals surface area contributed by atoms with Crippen LogP contribution in [0.2, 0.25) is 0 Å². The molecule has 0 spiro atoms. The van der Waals surface area contributed by atoms with Gasteiger partial charge in [-0.3, -0.25) is 19.5 Å². The van der Waals surface area contributed by atoms with E-state index in [4.69, 9.17) is 9.47 Å². The summed E-state index contributed by atoms with van der Waals surface area (Å²) in [7, 11) is 1.57. The Morgan fingerprint density at radius 2 is 1.88 bits per heavy atom. The number of nitrogens with zero attached hydrogens (tertiary/aromatic N) is 4. The number of hydrogen-bond donors (Lipinski definition) is 0. The fourth-order valence-corrected chi connectivity index (χ4v) is 6.16. The predicted molar refractivity (Wildman–Crippen MR) is 153 cm³/mol. The number of hydrogen-bond acceptors (Lipinski definition) is 9. The van der Waals surface area contributed by atoms with Crippen molar-refractivity contribution in [3.05, 3.63) is 94.7 Å². The molecular weight excluding hydrogens is 532 g/mol. The molecule has 2 aromatic carbocycles. The number of esters is 1. The molecule has 2 aliphatic heterocycles. The highest BCUT2D eigenvalue weighted by molar-refractivity contribution is 7.07. The van der Waals surface area contributed by atoms with Crippen LogP contribution in [0.15, 0.2) is 63.5 Å². The van der Waals surface area contributed by atoms with Crippen LogP contribution in [0.4, 0.5) is 11.4 Å². The first kappa shape index (κ1) is 27.3. The number of carbonyl (C=O) groups excluding carboxylic acids is 1. The fraction of sp³-hybridized carbons (Fsp3) is 0.345. The van der Waals surface area contributed by atoms with Crippen molar-refractivity contribution in [1.82, 2.24) is 4.57 Å². The molecule has 3 heterocycles. The molecule has 1 aromatic heterocycles. The SMILES string of the molecule is COc1ccc([C@H]2C(C(=O)OC(C)C)=C(C)N=c3sc(=Cc4cc([N+](=O)[O-])ccc4N4CCCC4)c(=O)n32)cc1. The van der Waals surface area contributed by atoms with Crippen LogP contribution in [0.3, 0.4) is 0 Å². The van der Waals surface area contributed by atoms with Gasteiger partial charge in [-0.05, 0) is 63.5 Å². The Labute approximate surface area is 234 Å². The maximum atomic E-state index is 14.0. The lowest BCUT2D eigenvalue weighted by atomic mass is 9.96. The van der Waals surface area contributed by atoms with Crippen LogP contribution < -0.4 is 24.5 Å². The number of nitro benzene ring substituents is 1. The lowest BCUT2D eigenvalue weighted by Gasteiger charge is -2.25. The average Bonchev–Trinajstić information content (AvgIpc) is 3.56. The van der Waals surface area contributed by atoms with E-state index in [1.165, 1.54) is 28.0 Å². The van der Waals surface area contributed by atoms with Crippen molar-refractivity contribution in [2.45, 2.75) is 45.8 Å². The zero-order valence-corrected chi connectivity index (χ0v) is 23.6. The molecule has 1 saturated heterocycles. The van der Waals surface area contributed by atoms with E-state index in [1.54, 1.807) is 52.2 Å². The molecule has 1 fully saturated rings. The van der Waals surface area contributed by atoms with Crippen molar-refractivity contribution in [2.75, 3.05) is 25.1 Å². The molecule has 40 heavy (non-hydrogen) atoms. The number of nitro groups is 1. The molecule has 0 saturated carbocycles. The van der Waals surface area contributed by atoms with Crippen LogP contribution in [-0.4, -0.2) is 41.8 Å². The van der Waals surface area contributed by atoms with Crippen molar-refractivity contribution < 1.29 is 19.2 Å². The van der Waals surface area contributed by atoms with Crippen LogP contribution in [0.1, 0.15) is 50.8 Å². The van der Waals surface area contributed by atoms with Gasteiger partial charge < -0.3 is 14.4 Å². The largest absolute Gasteiger partial charge is 0.497 e. The van der Waals surface area contributed by atoms with Gasteiger partial charge in [0.1, 0.15) is 5.75 Å². The minimum Gasteiger partial charge on any atom is -0.497 e. The van der Waals surface area contributed by atoms with E-state index in [9.17, 15) is 19.7 Å². The third-order valence-corrected chi connectivity index (χ3v) is 7.95. The van der Waals surface area contributed by atoms with Crippen molar-refractivity contribution in [1.29, 1.82) is 0 Å². The summed E-state index contributed by atoms with van der Waals surface area (Å²) in [6, 6.07) is 11.2. The Hall–Kier alpha value is -4.25. The van der Waals surface area contributed by atoms with Gasteiger partial charge in [-0.15, -0.1) is 0 Å². The van der Waals surface area contributed by atoms with E-state index < -0.39 is 16.9 Å². The molecule has 2 aliphatic rings. The van der Waals surface area contributed by atoms with Gasteiger partial charge in [0, 0.05) is 36.5 Å². The van der Waals surface area contributed by atoms with Gasteiger partial charge in [0.15, 0.2) is 4.80 Å². The van der Waals surface area contributed by atoms with Gasteiger partial charge in [0.25, 0.3) is 11.2 Å². The smallest absolute Gasteiger partial charge is 0.338 e. The second-order valence-corrected chi connectivity index (χ2v) is 11.0. The second kappa shape index (κ2) is 11.1.